The molecule has 110 valence electrons. The van der Waals surface area contributed by atoms with Gasteiger partial charge in [-0.2, -0.15) is 0 Å². The first-order valence-corrected chi connectivity index (χ1v) is 8.37. The van der Waals surface area contributed by atoms with Crippen LogP contribution in [0.2, 0.25) is 0 Å². The van der Waals surface area contributed by atoms with Crippen molar-refractivity contribution in [2.24, 2.45) is 23.5 Å². The first-order valence-electron chi connectivity index (χ1n) is 8.37. The number of rotatable bonds is 5. The summed E-state index contributed by atoms with van der Waals surface area (Å²) in [5.74, 6) is 3.17. The molecule has 3 aliphatic rings. The van der Waals surface area contributed by atoms with E-state index < -0.39 is 0 Å². The highest BCUT2D eigenvalue weighted by Crippen LogP contribution is 2.48. The molecule has 0 radical (unpaired) electrons. The molecule has 2 saturated carbocycles. The molecule has 0 amide bonds. The molecule has 1 aliphatic heterocycles. The van der Waals surface area contributed by atoms with Crippen LogP contribution in [0.25, 0.3) is 0 Å². The standard InChI is InChI=1S/C16H31N3/c1-18(8-9-19-6-4-16(17)5-7-19)12-15-11-13-2-3-14(15)10-13/h13-16H,2-12,17H2,1H3. The minimum absolute atomic E-state index is 0.461. The zero-order valence-electron chi connectivity index (χ0n) is 12.6. The van der Waals surface area contributed by atoms with E-state index >= 15 is 0 Å². The van der Waals surface area contributed by atoms with Crippen molar-refractivity contribution in [1.29, 1.82) is 0 Å². The van der Waals surface area contributed by atoms with Gasteiger partial charge in [-0.15, -0.1) is 0 Å². The van der Waals surface area contributed by atoms with Crippen molar-refractivity contribution in [1.82, 2.24) is 9.80 Å². The molecule has 3 fully saturated rings. The van der Waals surface area contributed by atoms with E-state index in [0.29, 0.717) is 6.04 Å². The number of hydrogen-bond acceptors (Lipinski definition) is 3. The van der Waals surface area contributed by atoms with Crippen LogP contribution in [-0.2, 0) is 0 Å². The van der Waals surface area contributed by atoms with Crippen LogP contribution in [-0.4, -0.2) is 55.6 Å². The average molecular weight is 265 g/mol. The second-order valence-electron chi connectivity index (χ2n) is 7.38. The van der Waals surface area contributed by atoms with Gasteiger partial charge in [0.25, 0.3) is 0 Å². The van der Waals surface area contributed by atoms with Crippen LogP contribution < -0.4 is 5.73 Å². The lowest BCUT2D eigenvalue weighted by molar-refractivity contribution is 0.165. The fraction of sp³-hybridized carbons (Fsp3) is 1.00. The smallest absolute Gasteiger partial charge is 0.0109 e. The van der Waals surface area contributed by atoms with Crippen molar-refractivity contribution in [3.05, 3.63) is 0 Å². The summed E-state index contributed by atoms with van der Waals surface area (Å²) < 4.78 is 0. The number of fused-ring (bicyclic) bond motifs is 2. The van der Waals surface area contributed by atoms with Gasteiger partial charge < -0.3 is 15.5 Å². The summed E-state index contributed by atoms with van der Waals surface area (Å²) in [6.07, 6.45) is 8.49. The number of hydrogen-bond donors (Lipinski definition) is 1. The fourth-order valence-corrected chi connectivity index (χ4v) is 4.58. The topological polar surface area (TPSA) is 32.5 Å². The van der Waals surface area contributed by atoms with E-state index in [4.69, 9.17) is 5.73 Å². The van der Waals surface area contributed by atoms with Gasteiger partial charge >= 0.3 is 0 Å². The van der Waals surface area contributed by atoms with Gasteiger partial charge in [-0.3, -0.25) is 0 Å². The third-order valence-electron chi connectivity index (χ3n) is 5.86. The van der Waals surface area contributed by atoms with Crippen molar-refractivity contribution in [2.45, 2.75) is 44.6 Å². The highest BCUT2D eigenvalue weighted by molar-refractivity contribution is 4.91. The number of likely N-dealkylation sites (N-methyl/N-ethyl adjacent to an activating group) is 1. The zero-order chi connectivity index (χ0) is 13.2. The van der Waals surface area contributed by atoms with E-state index in [0.717, 1.165) is 17.8 Å². The number of likely N-dealkylation sites (tertiary alicyclic amines) is 1. The van der Waals surface area contributed by atoms with Gasteiger partial charge in [0.05, 0.1) is 0 Å². The molecule has 3 rings (SSSR count). The van der Waals surface area contributed by atoms with Crippen molar-refractivity contribution >= 4 is 0 Å². The van der Waals surface area contributed by atoms with Gasteiger partial charge in [0, 0.05) is 25.7 Å². The second kappa shape index (κ2) is 6.11. The Bertz CT molecular complexity index is 286. The van der Waals surface area contributed by atoms with E-state index in [1.165, 1.54) is 64.8 Å². The van der Waals surface area contributed by atoms with E-state index in [2.05, 4.69) is 16.8 Å². The molecule has 3 atom stereocenters. The van der Waals surface area contributed by atoms with E-state index in [9.17, 15) is 0 Å². The van der Waals surface area contributed by atoms with E-state index in [1.807, 2.05) is 0 Å². The fourth-order valence-electron chi connectivity index (χ4n) is 4.58. The number of piperidine rings is 1. The Morgan fingerprint density at radius 3 is 2.53 bits per heavy atom. The molecule has 2 aliphatic carbocycles. The molecule has 1 heterocycles. The molecule has 1 saturated heterocycles. The highest BCUT2D eigenvalue weighted by Gasteiger charge is 2.39. The maximum Gasteiger partial charge on any atom is 0.0109 e. The number of nitrogens with zero attached hydrogens (tertiary/aromatic N) is 2. The lowest BCUT2D eigenvalue weighted by Gasteiger charge is -2.32. The van der Waals surface area contributed by atoms with Gasteiger partial charge in [-0.1, -0.05) is 6.42 Å². The van der Waals surface area contributed by atoms with Crippen LogP contribution in [0.15, 0.2) is 0 Å². The maximum atomic E-state index is 5.96. The summed E-state index contributed by atoms with van der Waals surface area (Å²) >= 11 is 0. The van der Waals surface area contributed by atoms with Crippen LogP contribution in [0.4, 0.5) is 0 Å². The summed E-state index contributed by atoms with van der Waals surface area (Å²) in [5.41, 5.74) is 5.96. The summed E-state index contributed by atoms with van der Waals surface area (Å²) in [6.45, 7) is 6.24. The third kappa shape index (κ3) is 3.50. The van der Waals surface area contributed by atoms with Gasteiger partial charge in [0.2, 0.25) is 0 Å². The first kappa shape index (κ1) is 13.8. The molecule has 19 heavy (non-hydrogen) atoms. The van der Waals surface area contributed by atoms with Crippen LogP contribution in [0.1, 0.15) is 38.5 Å². The zero-order valence-corrected chi connectivity index (χ0v) is 12.6. The monoisotopic (exact) mass is 265 g/mol. The van der Waals surface area contributed by atoms with Gasteiger partial charge in [-0.25, -0.2) is 0 Å². The summed E-state index contributed by atoms with van der Waals surface area (Å²) in [4.78, 5) is 5.18. The molecule has 2 bridgehead atoms. The Morgan fingerprint density at radius 1 is 1.11 bits per heavy atom. The Kier molecular flexibility index (Phi) is 4.45. The molecule has 0 aromatic carbocycles. The lowest BCUT2D eigenvalue weighted by atomic mass is 9.88. The maximum absolute atomic E-state index is 5.96. The summed E-state index contributed by atoms with van der Waals surface area (Å²) in [5, 5.41) is 0. The summed E-state index contributed by atoms with van der Waals surface area (Å²) in [6, 6.07) is 0.461. The minimum atomic E-state index is 0.461. The Labute approximate surface area is 118 Å². The van der Waals surface area contributed by atoms with Crippen molar-refractivity contribution in [3.8, 4) is 0 Å². The average Bonchev–Trinajstić information content (AvgIpc) is 3.00. The molecule has 3 nitrogen and oxygen atoms in total. The normalized spacial score (nSPS) is 36.5. The number of nitrogens with two attached hydrogens (primary N) is 1. The highest BCUT2D eigenvalue weighted by atomic mass is 15.2. The Hall–Kier alpha value is -0.120. The van der Waals surface area contributed by atoms with Crippen molar-refractivity contribution in [2.75, 3.05) is 39.8 Å². The molecule has 0 aromatic rings. The Balaban J connectivity index is 1.34. The van der Waals surface area contributed by atoms with E-state index in [1.54, 1.807) is 6.42 Å². The van der Waals surface area contributed by atoms with Gasteiger partial charge in [-0.05, 0) is 70.0 Å². The molecule has 0 aromatic heterocycles. The predicted octanol–water partition coefficient (Wildman–Crippen LogP) is 1.78. The SMILES string of the molecule is CN(CCN1CCC(N)CC1)CC1CC2CCC1C2. The van der Waals surface area contributed by atoms with E-state index in [-0.39, 0.29) is 0 Å². The molecule has 2 N–H and O–H groups in total. The van der Waals surface area contributed by atoms with Crippen LogP contribution in [0.5, 0.6) is 0 Å². The van der Waals surface area contributed by atoms with Crippen molar-refractivity contribution in [3.63, 3.8) is 0 Å². The first-order chi connectivity index (χ1) is 9.20. The summed E-state index contributed by atoms with van der Waals surface area (Å²) in [7, 11) is 2.32. The molecule has 3 heteroatoms. The molecular weight excluding hydrogens is 234 g/mol. The second-order valence-corrected chi connectivity index (χ2v) is 7.38. The quantitative estimate of drug-likeness (QED) is 0.822. The molecular formula is C16H31N3. The van der Waals surface area contributed by atoms with Crippen LogP contribution >= 0.6 is 0 Å². The van der Waals surface area contributed by atoms with Crippen LogP contribution in [0.3, 0.4) is 0 Å². The largest absolute Gasteiger partial charge is 0.328 e. The molecule has 0 spiro atoms. The van der Waals surface area contributed by atoms with Gasteiger partial charge in [0.1, 0.15) is 0 Å². The minimum Gasteiger partial charge on any atom is -0.328 e. The third-order valence-corrected chi connectivity index (χ3v) is 5.86. The van der Waals surface area contributed by atoms with Gasteiger partial charge in [0.15, 0.2) is 0 Å². The predicted molar refractivity (Wildman–Crippen MR) is 80.1 cm³/mol. The van der Waals surface area contributed by atoms with Crippen LogP contribution in [0, 0.1) is 17.8 Å². The lowest BCUT2D eigenvalue weighted by Crippen LogP contribution is -2.43. The molecule has 3 unspecified atom stereocenters. The van der Waals surface area contributed by atoms with Crippen molar-refractivity contribution < 1.29 is 0 Å². The Morgan fingerprint density at radius 2 is 1.89 bits per heavy atom.